The van der Waals surface area contributed by atoms with Crippen LogP contribution >= 0.6 is 0 Å². The number of aromatic amines is 1. The molecule has 0 saturated carbocycles. The van der Waals surface area contributed by atoms with Crippen LogP contribution in [0.25, 0.3) is 21.9 Å². The predicted octanol–water partition coefficient (Wildman–Crippen LogP) is 5.25. The zero-order chi connectivity index (χ0) is 20.0. The van der Waals surface area contributed by atoms with E-state index in [-0.39, 0.29) is 5.91 Å². The third kappa shape index (κ3) is 2.97. The number of carbonyl (C=O) groups is 1. The van der Waals surface area contributed by atoms with Crippen LogP contribution in [0.2, 0.25) is 0 Å². The summed E-state index contributed by atoms with van der Waals surface area (Å²) in [5, 5.41) is 2.22. The van der Waals surface area contributed by atoms with Gasteiger partial charge in [-0.3, -0.25) is 4.79 Å². The van der Waals surface area contributed by atoms with Gasteiger partial charge in [0, 0.05) is 41.1 Å². The van der Waals surface area contributed by atoms with Gasteiger partial charge in [0.25, 0.3) is 5.91 Å². The fraction of sp³-hybridized carbons (Fsp3) is 0.292. The van der Waals surface area contributed by atoms with Crippen LogP contribution in [0.15, 0.2) is 53.1 Å². The van der Waals surface area contributed by atoms with Crippen molar-refractivity contribution in [2.24, 2.45) is 0 Å². The number of likely N-dealkylation sites (tertiary alicyclic amines) is 1. The Morgan fingerprint density at radius 2 is 1.93 bits per heavy atom. The lowest BCUT2D eigenvalue weighted by Crippen LogP contribution is -2.38. The van der Waals surface area contributed by atoms with Gasteiger partial charge in [-0.1, -0.05) is 18.2 Å². The minimum Gasteiger partial charge on any atom is -0.497 e. The lowest BCUT2D eigenvalue weighted by atomic mass is 9.89. The molecule has 0 spiro atoms. The van der Waals surface area contributed by atoms with E-state index >= 15 is 0 Å². The quantitative estimate of drug-likeness (QED) is 0.521. The highest BCUT2D eigenvalue weighted by Crippen LogP contribution is 2.35. The molecule has 0 atom stereocenters. The van der Waals surface area contributed by atoms with Crippen LogP contribution in [0, 0.1) is 6.92 Å². The van der Waals surface area contributed by atoms with Gasteiger partial charge in [-0.2, -0.15) is 0 Å². The van der Waals surface area contributed by atoms with Crippen molar-refractivity contribution in [1.29, 1.82) is 0 Å². The maximum atomic E-state index is 13.1. The summed E-state index contributed by atoms with van der Waals surface area (Å²) in [6, 6.07) is 13.9. The molecule has 1 amide bonds. The van der Waals surface area contributed by atoms with E-state index in [0.717, 1.165) is 53.7 Å². The molecule has 5 rings (SSSR count). The number of aryl methyl sites for hydroxylation is 1. The Morgan fingerprint density at radius 1 is 1.14 bits per heavy atom. The van der Waals surface area contributed by atoms with Gasteiger partial charge in [-0.15, -0.1) is 0 Å². The Kier molecular flexibility index (Phi) is 4.31. The number of hydrogen-bond donors (Lipinski definition) is 1. The smallest absolute Gasteiger partial charge is 0.289 e. The maximum absolute atomic E-state index is 13.1. The minimum atomic E-state index is -0.00209. The predicted molar refractivity (Wildman–Crippen MR) is 114 cm³/mol. The summed E-state index contributed by atoms with van der Waals surface area (Å²) in [6.45, 7) is 3.43. The molecule has 5 heteroatoms. The molecule has 0 aliphatic carbocycles. The second kappa shape index (κ2) is 6.99. The molecule has 3 heterocycles. The van der Waals surface area contributed by atoms with Crippen molar-refractivity contribution in [3.05, 3.63) is 65.5 Å². The average Bonchev–Trinajstić information content (AvgIpc) is 3.34. The molecule has 1 fully saturated rings. The van der Waals surface area contributed by atoms with E-state index in [1.165, 1.54) is 10.9 Å². The Bertz CT molecular complexity index is 1200. The first-order valence-electron chi connectivity index (χ1n) is 10.1. The number of ether oxygens (including phenoxy) is 1. The van der Waals surface area contributed by atoms with Crippen molar-refractivity contribution in [3.63, 3.8) is 0 Å². The molecule has 2 aromatic carbocycles. The van der Waals surface area contributed by atoms with Crippen molar-refractivity contribution in [2.75, 3.05) is 20.2 Å². The van der Waals surface area contributed by atoms with E-state index in [2.05, 4.69) is 23.3 Å². The molecular formula is C24H24N2O3. The topological polar surface area (TPSA) is 58.5 Å². The van der Waals surface area contributed by atoms with Gasteiger partial charge < -0.3 is 19.0 Å². The Balaban J connectivity index is 1.35. The number of fused-ring (bicyclic) bond motifs is 2. The lowest BCUT2D eigenvalue weighted by molar-refractivity contribution is 0.0682. The second-order valence-electron chi connectivity index (χ2n) is 7.77. The van der Waals surface area contributed by atoms with E-state index in [4.69, 9.17) is 9.15 Å². The van der Waals surface area contributed by atoms with Crippen LogP contribution in [0.3, 0.4) is 0 Å². The van der Waals surface area contributed by atoms with Crippen LogP contribution in [0.1, 0.15) is 40.4 Å². The summed E-state index contributed by atoms with van der Waals surface area (Å²) in [6.07, 6.45) is 3.99. The number of nitrogens with zero attached hydrogens (tertiary/aromatic N) is 1. The first-order valence-corrected chi connectivity index (χ1v) is 10.1. The fourth-order valence-electron chi connectivity index (χ4n) is 4.50. The highest BCUT2D eigenvalue weighted by Gasteiger charge is 2.29. The Hall–Kier alpha value is -3.21. The SMILES string of the molecule is COc1ccc2[nH]cc(C3CCN(C(=O)c4oc5ccccc5c4C)CC3)c2c1. The Labute approximate surface area is 169 Å². The van der Waals surface area contributed by atoms with Gasteiger partial charge >= 0.3 is 0 Å². The van der Waals surface area contributed by atoms with Gasteiger partial charge in [0.15, 0.2) is 5.76 Å². The molecule has 1 N–H and O–H groups in total. The van der Waals surface area contributed by atoms with Crippen molar-refractivity contribution < 1.29 is 13.9 Å². The number of hydrogen-bond acceptors (Lipinski definition) is 3. The van der Waals surface area contributed by atoms with E-state index in [9.17, 15) is 4.79 Å². The zero-order valence-corrected chi connectivity index (χ0v) is 16.7. The minimum absolute atomic E-state index is 0.00209. The number of H-pyrrole nitrogens is 1. The van der Waals surface area contributed by atoms with E-state index in [0.29, 0.717) is 11.7 Å². The maximum Gasteiger partial charge on any atom is 0.289 e. The second-order valence-corrected chi connectivity index (χ2v) is 7.77. The first-order chi connectivity index (χ1) is 14.2. The highest BCUT2D eigenvalue weighted by atomic mass is 16.5. The molecule has 2 aromatic heterocycles. The zero-order valence-electron chi connectivity index (χ0n) is 16.7. The molecule has 4 aromatic rings. The van der Waals surface area contributed by atoms with Gasteiger partial charge in [-0.25, -0.2) is 0 Å². The summed E-state index contributed by atoms with van der Waals surface area (Å²) in [5.41, 5.74) is 4.13. The van der Waals surface area contributed by atoms with Crippen LogP contribution in [0.5, 0.6) is 5.75 Å². The lowest BCUT2D eigenvalue weighted by Gasteiger charge is -2.31. The van der Waals surface area contributed by atoms with Crippen molar-refractivity contribution >= 4 is 27.8 Å². The highest BCUT2D eigenvalue weighted by molar-refractivity contribution is 5.99. The number of benzene rings is 2. The standard InChI is InChI=1S/C24H24N2O3/c1-15-18-5-3-4-6-22(18)29-23(15)24(27)26-11-9-16(10-12-26)20-14-25-21-8-7-17(28-2)13-19(20)21/h3-8,13-14,16,25H,9-12H2,1-2H3. The van der Waals surface area contributed by atoms with Crippen molar-refractivity contribution in [3.8, 4) is 5.75 Å². The molecule has 1 aliphatic heterocycles. The molecule has 0 radical (unpaired) electrons. The number of para-hydroxylation sites is 1. The number of piperidine rings is 1. The number of amides is 1. The largest absolute Gasteiger partial charge is 0.497 e. The number of methoxy groups -OCH3 is 1. The van der Waals surface area contributed by atoms with Gasteiger partial charge in [0.1, 0.15) is 11.3 Å². The summed E-state index contributed by atoms with van der Waals surface area (Å²) in [4.78, 5) is 18.4. The number of carbonyl (C=O) groups excluding carboxylic acids is 1. The summed E-state index contributed by atoms with van der Waals surface area (Å²) >= 11 is 0. The third-order valence-corrected chi connectivity index (χ3v) is 6.18. The molecule has 5 nitrogen and oxygen atoms in total. The van der Waals surface area contributed by atoms with Crippen LogP contribution in [-0.4, -0.2) is 36.0 Å². The molecule has 1 saturated heterocycles. The van der Waals surface area contributed by atoms with Crippen LogP contribution < -0.4 is 4.74 Å². The molecule has 0 unspecified atom stereocenters. The van der Waals surface area contributed by atoms with Crippen molar-refractivity contribution in [1.82, 2.24) is 9.88 Å². The van der Waals surface area contributed by atoms with E-state index in [1.807, 2.05) is 42.2 Å². The molecule has 0 bridgehead atoms. The molecular weight excluding hydrogens is 364 g/mol. The van der Waals surface area contributed by atoms with Crippen LogP contribution in [0.4, 0.5) is 0 Å². The monoisotopic (exact) mass is 388 g/mol. The fourth-order valence-corrected chi connectivity index (χ4v) is 4.50. The summed E-state index contributed by atoms with van der Waals surface area (Å²) in [5.74, 6) is 1.77. The van der Waals surface area contributed by atoms with Gasteiger partial charge in [0.2, 0.25) is 0 Å². The average molecular weight is 388 g/mol. The van der Waals surface area contributed by atoms with Gasteiger partial charge in [0.05, 0.1) is 7.11 Å². The number of nitrogens with one attached hydrogen (secondary N) is 1. The van der Waals surface area contributed by atoms with E-state index in [1.54, 1.807) is 7.11 Å². The molecule has 29 heavy (non-hydrogen) atoms. The van der Waals surface area contributed by atoms with Gasteiger partial charge in [-0.05, 0) is 55.5 Å². The summed E-state index contributed by atoms with van der Waals surface area (Å²) < 4.78 is 11.3. The van der Waals surface area contributed by atoms with Crippen LogP contribution in [-0.2, 0) is 0 Å². The summed E-state index contributed by atoms with van der Waals surface area (Å²) in [7, 11) is 1.69. The number of furan rings is 1. The normalized spacial score (nSPS) is 15.3. The first kappa shape index (κ1) is 17.9. The van der Waals surface area contributed by atoms with E-state index < -0.39 is 0 Å². The molecule has 1 aliphatic rings. The number of rotatable bonds is 3. The number of aromatic nitrogens is 1. The third-order valence-electron chi connectivity index (χ3n) is 6.18. The molecule has 148 valence electrons. The van der Waals surface area contributed by atoms with Crippen molar-refractivity contribution in [2.45, 2.75) is 25.7 Å². The Morgan fingerprint density at radius 3 is 2.69 bits per heavy atom.